The summed E-state index contributed by atoms with van der Waals surface area (Å²) in [6, 6.07) is 8.73. The standard InChI is InChI=1S/C14H18N2S/c1-2-5-14-13(4-1)12(11-17-14)10-16-8-3-6-15-7-9-16/h1-2,4-5,11,15H,3,6-10H2. The number of rotatable bonds is 2. The van der Waals surface area contributed by atoms with E-state index in [1.807, 2.05) is 11.3 Å². The molecule has 0 saturated carbocycles. The summed E-state index contributed by atoms with van der Waals surface area (Å²) in [7, 11) is 0. The average Bonchev–Trinajstić information content (AvgIpc) is 2.59. The smallest absolute Gasteiger partial charge is 0.0346 e. The Hall–Kier alpha value is -0.900. The molecule has 0 bridgehead atoms. The van der Waals surface area contributed by atoms with Gasteiger partial charge in [-0.05, 0) is 41.9 Å². The summed E-state index contributed by atoms with van der Waals surface area (Å²) in [4.78, 5) is 2.56. The van der Waals surface area contributed by atoms with Crippen LogP contribution in [0.4, 0.5) is 0 Å². The molecule has 3 heteroatoms. The molecule has 1 saturated heterocycles. The number of nitrogens with one attached hydrogen (secondary N) is 1. The van der Waals surface area contributed by atoms with Crippen molar-refractivity contribution >= 4 is 21.4 Å². The van der Waals surface area contributed by atoms with Gasteiger partial charge in [-0.1, -0.05) is 18.2 Å². The number of nitrogens with zero attached hydrogens (tertiary/aromatic N) is 1. The van der Waals surface area contributed by atoms with E-state index in [9.17, 15) is 0 Å². The van der Waals surface area contributed by atoms with Gasteiger partial charge < -0.3 is 5.32 Å². The summed E-state index contributed by atoms with van der Waals surface area (Å²) in [6.07, 6.45) is 1.27. The Kier molecular flexibility index (Phi) is 3.41. The van der Waals surface area contributed by atoms with Crippen molar-refractivity contribution < 1.29 is 0 Å². The lowest BCUT2D eigenvalue weighted by Gasteiger charge is -2.18. The van der Waals surface area contributed by atoms with Crippen LogP contribution in [-0.4, -0.2) is 31.1 Å². The third-order valence-corrected chi connectivity index (χ3v) is 4.40. The summed E-state index contributed by atoms with van der Waals surface area (Å²) in [5, 5.41) is 7.22. The molecule has 0 aliphatic carbocycles. The fourth-order valence-corrected chi connectivity index (χ4v) is 3.41. The second-order valence-corrected chi connectivity index (χ2v) is 5.55. The number of fused-ring (bicyclic) bond motifs is 1. The van der Waals surface area contributed by atoms with Crippen LogP contribution in [0.5, 0.6) is 0 Å². The Bertz CT molecular complexity index is 484. The Balaban J connectivity index is 1.79. The molecule has 1 aliphatic heterocycles. The lowest BCUT2D eigenvalue weighted by Crippen LogP contribution is -2.27. The van der Waals surface area contributed by atoms with Crippen LogP contribution in [0.2, 0.25) is 0 Å². The van der Waals surface area contributed by atoms with Gasteiger partial charge in [0.05, 0.1) is 0 Å². The van der Waals surface area contributed by atoms with Gasteiger partial charge in [-0.3, -0.25) is 4.90 Å². The van der Waals surface area contributed by atoms with Crippen molar-refractivity contribution in [1.82, 2.24) is 10.2 Å². The van der Waals surface area contributed by atoms with Gasteiger partial charge in [0.15, 0.2) is 0 Å². The highest BCUT2D eigenvalue weighted by Crippen LogP contribution is 2.26. The molecule has 17 heavy (non-hydrogen) atoms. The Morgan fingerprint density at radius 1 is 1.18 bits per heavy atom. The van der Waals surface area contributed by atoms with Gasteiger partial charge in [0.2, 0.25) is 0 Å². The van der Waals surface area contributed by atoms with Crippen LogP contribution in [-0.2, 0) is 6.54 Å². The maximum absolute atomic E-state index is 3.45. The third-order valence-electron chi connectivity index (χ3n) is 3.39. The minimum Gasteiger partial charge on any atom is -0.315 e. The molecule has 90 valence electrons. The van der Waals surface area contributed by atoms with E-state index in [1.165, 1.54) is 41.7 Å². The van der Waals surface area contributed by atoms with Gasteiger partial charge in [0.25, 0.3) is 0 Å². The molecule has 1 aliphatic rings. The molecule has 2 nitrogen and oxygen atoms in total. The lowest BCUT2D eigenvalue weighted by molar-refractivity contribution is 0.286. The number of thiophene rings is 1. The van der Waals surface area contributed by atoms with E-state index in [-0.39, 0.29) is 0 Å². The van der Waals surface area contributed by atoms with Gasteiger partial charge in [-0.25, -0.2) is 0 Å². The summed E-state index contributed by atoms with van der Waals surface area (Å²) < 4.78 is 1.41. The normalized spacial score (nSPS) is 18.4. The second kappa shape index (κ2) is 5.17. The highest BCUT2D eigenvalue weighted by molar-refractivity contribution is 7.17. The zero-order valence-corrected chi connectivity index (χ0v) is 10.8. The average molecular weight is 246 g/mol. The highest BCUT2D eigenvalue weighted by atomic mass is 32.1. The molecule has 1 N–H and O–H groups in total. The first kappa shape index (κ1) is 11.2. The first-order valence-electron chi connectivity index (χ1n) is 6.32. The number of hydrogen-bond acceptors (Lipinski definition) is 3. The monoisotopic (exact) mass is 246 g/mol. The van der Waals surface area contributed by atoms with Crippen molar-refractivity contribution in [3.63, 3.8) is 0 Å². The van der Waals surface area contributed by atoms with Gasteiger partial charge in [-0.15, -0.1) is 11.3 Å². The lowest BCUT2D eigenvalue weighted by atomic mass is 10.1. The van der Waals surface area contributed by atoms with E-state index >= 15 is 0 Å². The Labute approximate surface area is 106 Å². The van der Waals surface area contributed by atoms with Crippen molar-refractivity contribution in [2.24, 2.45) is 0 Å². The minimum absolute atomic E-state index is 1.10. The van der Waals surface area contributed by atoms with Crippen LogP contribution in [0.1, 0.15) is 12.0 Å². The molecule has 2 heterocycles. The van der Waals surface area contributed by atoms with Crippen molar-refractivity contribution in [3.05, 3.63) is 35.2 Å². The second-order valence-electron chi connectivity index (χ2n) is 4.64. The molecule has 0 amide bonds. The Morgan fingerprint density at radius 3 is 3.12 bits per heavy atom. The largest absolute Gasteiger partial charge is 0.315 e. The van der Waals surface area contributed by atoms with Crippen molar-refractivity contribution in [2.45, 2.75) is 13.0 Å². The van der Waals surface area contributed by atoms with E-state index in [4.69, 9.17) is 0 Å². The number of benzene rings is 1. The summed E-state index contributed by atoms with van der Waals surface area (Å²) >= 11 is 1.87. The molecule has 2 aromatic rings. The van der Waals surface area contributed by atoms with Crippen LogP contribution in [0, 0.1) is 0 Å². The van der Waals surface area contributed by atoms with E-state index in [1.54, 1.807) is 0 Å². The zero-order valence-electron chi connectivity index (χ0n) is 9.98. The van der Waals surface area contributed by atoms with Crippen molar-refractivity contribution in [2.75, 3.05) is 26.2 Å². The van der Waals surface area contributed by atoms with Crippen LogP contribution in [0.3, 0.4) is 0 Å². The molecule has 0 unspecified atom stereocenters. The highest BCUT2D eigenvalue weighted by Gasteiger charge is 2.11. The predicted molar refractivity (Wildman–Crippen MR) is 74.6 cm³/mol. The molecule has 1 aromatic carbocycles. The van der Waals surface area contributed by atoms with Crippen molar-refractivity contribution in [1.29, 1.82) is 0 Å². The van der Waals surface area contributed by atoms with Crippen LogP contribution >= 0.6 is 11.3 Å². The van der Waals surface area contributed by atoms with Gasteiger partial charge in [-0.2, -0.15) is 0 Å². The quantitative estimate of drug-likeness (QED) is 0.876. The first-order chi connectivity index (χ1) is 8.43. The summed E-state index contributed by atoms with van der Waals surface area (Å²) in [5.41, 5.74) is 1.49. The Morgan fingerprint density at radius 2 is 2.12 bits per heavy atom. The molecule has 0 spiro atoms. The summed E-state index contributed by atoms with van der Waals surface area (Å²) in [6.45, 7) is 5.79. The minimum atomic E-state index is 1.10. The van der Waals surface area contributed by atoms with E-state index in [0.29, 0.717) is 0 Å². The van der Waals surface area contributed by atoms with Gasteiger partial charge >= 0.3 is 0 Å². The van der Waals surface area contributed by atoms with Gasteiger partial charge in [0, 0.05) is 24.3 Å². The summed E-state index contributed by atoms with van der Waals surface area (Å²) in [5.74, 6) is 0. The molecular weight excluding hydrogens is 228 g/mol. The maximum atomic E-state index is 3.45. The molecule has 0 atom stereocenters. The molecule has 0 radical (unpaired) electrons. The van der Waals surface area contributed by atoms with Crippen molar-refractivity contribution in [3.8, 4) is 0 Å². The fraction of sp³-hybridized carbons (Fsp3) is 0.429. The molecule has 1 fully saturated rings. The fourth-order valence-electron chi connectivity index (χ4n) is 2.46. The number of hydrogen-bond donors (Lipinski definition) is 1. The van der Waals surface area contributed by atoms with E-state index in [0.717, 1.165) is 13.1 Å². The molecular formula is C14H18N2S. The molecule has 3 rings (SSSR count). The van der Waals surface area contributed by atoms with Crippen LogP contribution < -0.4 is 5.32 Å². The zero-order chi connectivity index (χ0) is 11.5. The topological polar surface area (TPSA) is 15.3 Å². The predicted octanol–water partition coefficient (Wildman–Crippen LogP) is 2.70. The first-order valence-corrected chi connectivity index (χ1v) is 7.19. The van der Waals surface area contributed by atoms with E-state index in [2.05, 4.69) is 39.9 Å². The molecule has 1 aromatic heterocycles. The van der Waals surface area contributed by atoms with E-state index < -0.39 is 0 Å². The van der Waals surface area contributed by atoms with Crippen LogP contribution in [0.25, 0.3) is 10.1 Å². The SMILES string of the molecule is c1ccc2c(CN3CCCNCC3)csc2c1. The van der Waals surface area contributed by atoms with Crippen LogP contribution in [0.15, 0.2) is 29.6 Å². The van der Waals surface area contributed by atoms with Gasteiger partial charge in [0.1, 0.15) is 0 Å². The third kappa shape index (κ3) is 2.51. The maximum Gasteiger partial charge on any atom is 0.0346 e.